The lowest BCUT2D eigenvalue weighted by Gasteiger charge is -2.11. The summed E-state index contributed by atoms with van der Waals surface area (Å²) in [6.07, 6.45) is 0.729. The Morgan fingerprint density at radius 2 is 1.63 bits per heavy atom. The lowest BCUT2D eigenvalue weighted by Crippen LogP contribution is -2.26. The lowest BCUT2D eigenvalue weighted by molar-refractivity contribution is 0.0955. The maximum atomic E-state index is 12.7. The molecule has 1 N–H and O–H groups in total. The standard InChI is InChI=1S/C23H20N2O2/c1-27-19-12-10-17(11-13-19)14-15-25-23(26)22-9-5-4-8-21(22)20-7-3-2-6-18(20)16-24/h2-13H,14-15H2,1H3,(H,25,26). The van der Waals surface area contributed by atoms with Crippen LogP contribution in [0.3, 0.4) is 0 Å². The van der Waals surface area contributed by atoms with Gasteiger partial charge in [-0.1, -0.05) is 48.5 Å². The van der Waals surface area contributed by atoms with Crippen LogP contribution in [0.4, 0.5) is 0 Å². The Balaban J connectivity index is 1.73. The fraction of sp³-hybridized carbons (Fsp3) is 0.130. The summed E-state index contributed by atoms with van der Waals surface area (Å²) in [5.74, 6) is 0.666. The molecule has 0 radical (unpaired) electrons. The van der Waals surface area contributed by atoms with Gasteiger partial charge in [-0.3, -0.25) is 4.79 Å². The van der Waals surface area contributed by atoms with Crippen LogP contribution in [0.15, 0.2) is 72.8 Å². The van der Waals surface area contributed by atoms with Gasteiger partial charge in [0.25, 0.3) is 5.91 Å². The minimum absolute atomic E-state index is 0.146. The number of carbonyl (C=O) groups is 1. The summed E-state index contributed by atoms with van der Waals surface area (Å²) in [5, 5.41) is 12.3. The monoisotopic (exact) mass is 356 g/mol. The normalized spacial score (nSPS) is 10.1. The first kappa shape index (κ1) is 18.2. The number of hydrogen-bond acceptors (Lipinski definition) is 3. The minimum atomic E-state index is -0.146. The smallest absolute Gasteiger partial charge is 0.251 e. The van der Waals surface area contributed by atoms with Crippen LogP contribution in [0.25, 0.3) is 11.1 Å². The van der Waals surface area contributed by atoms with E-state index in [1.807, 2.05) is 60.7 Å². The quantitative estimate of drug-likeness (QED) is 0.720. The summed E-state index contributed by atoms with van der Waals surface area (Å²) in [6.45, 7) is 0.527. The maximum Gasteiger partial charge on any atom is 0.251 e. The number of amides is 1. The number of benzene rings is 3. The highest BCUT2D eigenvalue weighted by Gasteiger charge is 2.14. The second-order valence-corrected chi connectivity index (χ2v) is 6.06. The van der Waals surface area contributed by atoms with Gasteiger partial charge in [-0.25, -0.2) is 0 Å². The van der Waals surface area contributed by atoms with Crippen molar-refractivity contribution in [2.24, 2.45) is 0 Å². The van der Waals surface area contributed by atoms with E-state index in [1.54, 1.807) is 19.2 Å². The van der Waals surface area contributed by atoms with E-state index in [4.69, 9.17) is 4.74 Å². The van der Waals surface area contributed by atoms with Crippen LogP contribution in [0.2, 0.25) is 0 Å². The topological polar surface area (TPSA) is 62.1 Å². The fourth-order valence-corrected chi connectivity index (χ4v) is 2.94. The zero-order valence-electron chi connectivity index (χ0n) is 15.1. The van der Waals surface area contributed by atoms with Crippen LogP contribution in [0.1, 0.15) is 21.5 Å². The molecule has 134 valence electrons. The van der Waals surface area contributed by atoms with Crippen molar-refractivity contribution in [1.82, 2.24) is 5.32 Å². The summed E-state index contributed by atoms with van der Waals surface area (Å²) < 4.78 is 5.15. The van der Waals surface area contributed by atoms with Crippen LogP contribution in [0.5, 0.6) is 5.75 Å². The van der Waals surface area contributed by atoms with Gasteiger partial charge < -0.3 is 10.1 Å². The van der Waals surface area contributed by atoms with E-state index >= 15 is 0 Å². The molecule has 0 aromatic heterocycles. The van der Waals surface area contributed by atoms with Gasteiger partial charge in [0.1, 0.15) is 5.75 Å². The molecule has 1 amide bonds. The molecule has 3 aromatic rings. The van der Waals surface area contributed by atoms with E-state index in [0.717, 1.165) is 28.9 Å². The molecule has 0 saturated carbocycles. The van der Waals surface area contributed by atoms with E-state index in [9.17, 15) is 10.1 Å². The number of carbonyl (C=O) groups excluding carboxylic acids is 1. The first-order chi connectivity index (χ1) is 13.2. The number of rotatable bonds is 6. The summed E-state index contributed by atoms with van der Waals surface area (Å²) in [6, 6.07) is 24.7. The van der Waals surface area contributed by atoms with Gasteiger partial charge in [-0.05, 0) is 41.8 Å². The predicted octanol–water partition coefficient (Wildman–Crippen LogP) is 4.21. The summed E-state index contributed by atoms with van der Waals surface area (Å²) >= 11 is 0. The molecular formula is C23H20N2O2. The molecule has 0 aliphatic heterocycles. The number of nitrogens with zero attached hydrogens (tertiary/aromatic N) is 1. The van der Waals surface area contributed by atoms with Crippen LogP contribution >= 0.6 is 0 Å². The Labute approximate surface area is 159 Å². The third-order valence-electron chi connectivity index (χ3n) is 4.37. The molecule has 0 saturated heterocycles. The van der Waals surface area contributed by atoms with Crippen LogP contribution in [0, 0.1) is 11.3 Å². The Kier molecular flexibility index (Phi) is 5.86. The molecule has 27 heavy (non-hydrogen) atoms. The third-order valence-corrected chi connectivity index (χ3v) is 4.37. The van der Waals surface area contributed by atoms with E-state index in [-0.39, 0.29) is 5.91 Å². The van der Waals surface area contributed by atoms with Crippen molar-refractivity contribution in [3.05, 3.63) is 89.5 Å². The van der Waals surface area contributed by atoms with Gasteiger partial charge in [0.05, 0.1) is 18.7 Å². The Morgan fingerprint density at radius 3 is 2.33 bits per heavy atom. The van der Waals surface area contributed by atoms with Gasteiger partial charge in [-0.15, -0.1) is 0 Å². The van der Waals surface area contributed by atoms with Gasteiger partial charge in [0.2, 0.25) is 0 Å². The van der Waals surface area contributed by atoms with Crippen molar-refractivity contribution in [3.8, 4) is 22.9 Å². The average molecular weight is 356 g/mol. The maximum absolute atomic E-state index is 12.7. The van der Waals surface area contributed by atoms with Crippen molar-refractivity contribution in [2.45, 2.75) is 6.42 Å². The summed E-state index contributed by atoms with van der Waals surface area (Å²) in [7, 11) is 1.64. The number of ether oxygens (including phenoxy) is 1. The summed E-state index contributed by atoms with van der Waals surface area (Å²) in [5.41, 5.74) is 3.77. The van der Waals surface area contributed by atoms with Gasteiger partial charge in [-0.2, -0.15) is 5.26 Å². The molecule has 3 aromatic carbocycles. The second kappa shape index (κ2) is 8.68. The van der Waals surface area contributed by atoms with E-state index in [1.165, 1.54) is 0 Å². The van der Waals surface area contributed by atoms with Crippen LogP contribution in [-0.2, 0) is 6.42 Å². The highest BCUT2D eigenvalue weighted by molar-refractivity contribution is 6.01. The van der Waals surface area contributed by atoms with E-state index in [0.29, 0.717) is 17.7 Å². The largest absolute Gasteiger partial charge is 0.497 e. The lowest BCUT2D eigenvalue weighted by atomic mass is 9.95. The van der Waals surface area contributed by atoms with Crippen molar-refractivity contribution in [3.63, 3.8) is 0 Å². The molecule has 3 rings (SSSR count). The molecule has 4 nitrogen and oxygen atoms in total. The molecule has 0 bridgehead atoms. The average Bonchev–Trinajstić information content (AvgIpc) is 2.74. The first-order valence-corrected chi connectivity index (χ1v) is 8.72. The predicted molar refractivity (Wildman–Crippen MR) is 106 cm³/mol. The van der Waals surface area contributed by atoms with Gasteiger partial charge >= 0.3 is 0 Å². The van der Waals surface area contributed by atoms with Gasteiger partial charge in [0.15, 0.2) is 0 Å². The van der Waals surface area contributed by atoms with E-state index < -0.39 is 0 Å². The molecule has 0 heterocycles. The number of methoxy groups -OCH3 is 1. The molecular weight excluding hydrogens is 336 g/mol. The van der Waals surface area contributed by atoms with Crippen molar-refractivity contribution < 1.29 is 9.53 Å². The number of nitrogens with one attached hydrogen (secondary N) is 1. The molecule has 0 fully saturated rings. The third kappa shape index (κ3) is 4.34. The molecule has 4 heteroatoms. The first-order valence-electron chi connectivity index (χ1n) is 8.72. The second-order valence-electron chi connectivity index (χ2n) is 6.06. The Bertz CT molecular complexity index is 972. The Morgan fingerprint density at radius 1 is 0.963 bits per heavy atom. The summed E-state index contributed by atoms with van der Waals surface area (Å²) in [4.78, 5) is 12.7. The highest BCUT2D eigenvalue weighted by Crippen LogP contribution is 2.26. The molecule has 0 aliphatic rings. The molecule has 0 atom stereocenters. The van der Waals surface area contributed by atoms with Gasteiger partial charge in [0, 0.05) is 17.7 Å². The van der Waals surface area contributed by atoms with Crippen LogP contribution < -0.4 is 10.1 Å². The highest BCUT2D eigenvalue weighted by atomic mass is 16.5. The zero-order chi connectivity index (χ0) is 19.1. The van der Waals surface area contributed by atoms with Crippen molar-refractivity contribution in [2.75, 3.05) is 13.7 Å². The van der Waals surface area contributed by atoms with Crippen molar-refractivity contribution in [1.29, 1.82) is 5.26 Å². The molecule has 0 aliphatic carbocycles. The zero-order valence-corrected chi connectivity index (χ0v) is 15.1. The van der Waals surface area contributed by atoms with Crippen LogP contribution in [-0.4, -0.2) is 19.6 Å². The number of nitriles is 1. The SMILES string of the molecule is COc1ccc(CCNC(=O)c2ccccc2-c2ccccc2C#N)cc1. The minimum Gasteiger partial charge on any atom is -0.497 e. The number of hydrogen-bond donors (Lipinski definition) is 1. The fourth-order valence-electron chi connectivity index (χ4n) is 2.94. The van der Waals surface area contributed by atoms with E-state index in [2.05, 4.69) is 11.4 Å². The molecule has 0 spiro atoms. The molecule has 0 unspecified atom stereocenters. The Hall–Kier alpha value is -3.58. The van der Waals surface area contributed by atoms with Crippen molar-refractivity contribution >= 4 is 5.91 Å².